The first-order valence-corrected chi connectivity index (χ1v) is 6.06. The van der Waals surface area contributed by atoms with Crippen LogP contribution in [0.15, 0.2) is 36.7 Å². The highest BCUT2D eigenvalue weighted by Crippen LogP contribution is 2.31. The molecule has 1 aliphatic heterocycles. The maximum Gasteiger partial charge on any atom is 0.267 e. The number of nitrogens with zero attached hydrogens (tertiary/aromatic N) is 2. The molecule has 0 atom stereocenters. The van der Waals surface area contributed by atoms with Gasteiger partial charge in [-0.2, -0.15) is 0 Å². The number of fused-ring (bicyclic) bond motifs is 1. The number of rotatable bonds is 1. The Balaban J connectivity index is 2.17. The van der Waals surface area contributed by atoms with Gasteiger partial charge in [0.2, 0.25) is 0 Å². The monoisotopic (exact) mass is 272 g/mol. The maximum atomic E-state index is 12.3. The van der Waals surface area contributed by atoms with Crippen molar-refractivity contribution in [2.45, 2.75) is 6.92 Å². The van der Waals surface area contributed by atoms with Crippen molar-refractivity contribution < 1.29 is 9.59 Å². The van der Waals surface area contributed by atoms with Gasteiger partial charge in [-0.1, -0.05) is 17.7 Å². The van der Waals surface area contributed by atoms with Crippen LogP contribution in [-0.2, 0) is 0 Å². The number of halogens is 1. The van der Waals surface area contributed by atoms with Gasteiger partial charge in [0.25, 0.3) is 11.8 Å². The molecule has 0 aliphatic carbocycles. The zero-order valence-electron chi connectivity index (χ0n) is 10.1. The summed E-state index contributed by atoms with van der Waals surface area (Å²) in [6.07, 6.45) is 2.91. The zero-order chi connectivity index (χ0) is 13.6. The molecule has 5 heteroatoms. The summed E-state index contributed by atoms with van der Waals surface area (Å²) in [5, 5.41) is 0.482. The van der Waals surface area contributed by atoms with Gasteiger partial charge in [-0.05, 0) is 30.7 Å². The van der Waals surface area contributed by atoms with Crippen molar-refractivity contribution in [3.05, 3.63) is 58.4 Å². The van der Waals surface area contributed by atoms with E-state index in [0.717, 1.165) is 10.5 Å². The number of carbonyl (C=O) groups is 2. The van der Waals surface area contributed by atoms with Crippen LogP contribution in [0.25, 0.3) is 0 Å². The number of hydrogen-bond acceptors (Lipinski definition) is 3. The summed E-state index contributed by atoms with van der Waals surface area (Å²) in [5.74, 6) is -0.703. The molecule has 19 heavy (non-hydrogen) atoms. The number of benzene rings is 1. The van der Waals surface area contributed by atoms with Gasteiger partial charge in [-0.3, -0.25) is 14.6 Å². The average molecular weight is 273 g/mol. The molecule has 0 spiro atoms. The second-order valence-corrected chi connectivity index (χ2v) is 4.73. The summed E-state index contributed by atoms with van der Waals surface area (Å²) < 4.78 is 0. The fraction of sp³-hybridized carbons (Fsp3) is 0.0714. The van der Waals surface area contributed by atoms with E-state index in [4.69, 9.17) is 11.6 Å². The molecular formula is C14H9ClN2O2. The maximum absolute atomic E-state index is 12.3. The van der Waals surface area contributed by atoms with Gasteiger partial charge in [-0.25, -0.2) is 4.90 Å². The van der Waals surface area contributed by atoms with E-state index in [1.807, 2.05) is 6.92 Å². The Morgan fingerprint density at radius 3 is 2.58 bits per heavy atom. The topological polar surface area (TPSA) is 50.3 Å². The van der Waals surface area contributed by atoms with E-state index in [1.165, 1.54) is 12.4 Å². The molecule has 1 aliphatic rings. The lowest BCUT2D eigenvalue weighted by atomic mass is 10.2. The normalized spacial score (nSPS) is 13.9. The predicted octanol–water partition coefficient (Wildman–Crippen LogP) is 2.84. The molecular weight excluding hydrogens is 264 g/mol. The third-order valence-corrected chi connectivity index (χ3v) is 3.34. The smallest absolute Gasteiger partial charge is 0.267 e. The number of aryl methyl sites for hydroxylation is 1. The molecule has 0 N–H and O–H groups in total. The van der Waals surface area contributed by atoms with Gasteiger partial charge < -0.3 is 0 Å². The molecule has 0 bridgehead atoms. The van der Waals surface area contributed by atoms with Crippen molar-refractivity contribution in [2.75, 3.05) is 4.90 Å². The Labute approximate surface area is 114 Å². The highest BCUT2D eigenvalue weighted by atomic mass is 35.5. The van der Waals surface area contributed by atoms with Crippen molar-refractivity contribution in [1.29, 1.82) is 0 Å². The molecule has 0 fully saturated rings. The quantitative estimate of drug-likeness (QED) is 0.750. The minimum atomic E-state index is -0.363. The van der Waals surface area contributed by atoms with Crippen LogP contribution < -0.4 is 4.90 Å². The highest BCUT2D eigenvalue weighted by molar-refractivity contribution is 6.35. The molecule has 2 aromatic rings. The van der Waals surface area contributed by atoms with Crippen LogP contribution in [0.5, 0.6) is 0 Å². The van der Waals surface area contributed by atoms with Crippen LogP contribution in [0.1, 0.15) is 26.3 Å². The van der Waals surface area contributed by atoms with Crippen LogP contribution in [0, 0.1) is 6.92 Å². The molecule has 2 heterocycles. The largest absolute Gasteiger partial charge is 0.268 e. The number of anilines is 1. The summed E-state index contributed by atoms with van der Waals surface area (Å²) in [6, 6.07) is 6.67. The summed E-state index contributed by atoms with van der Waals surface area (Å²) in [5.41, 5.74) is 2.02. The van der Waals surface area contributed by atoms with Gasteiger partial charge >= 0.3 is 0 Å². The van der Waals surface area contributed by atoms with E-state index in [9.17, 15) is 9.59 Å². The first kappa shape index (κ1) is 11.9. The molecule has 4 nitrogen and oxygen atoms in total. The number of aromatic nitrogens is 1. The lowest BCUT2D eigenvalue weighted by Gasteiger charge is -2.16. The molecule has 0 saturated carbocycles. The standard InChI is InChI=1S/C14H9ClN2O2/c1-8-2-3-9(15)6-12(8)17-13(18)10-4-5-16-7-11(10)14(17)19/h2-7H,1H3. The van der Waals surface area contributed by atoms with E-state index in [2.05, 4.69) is 4.98 Å². The molecule has 3 rings (SSSR count). The average Bonchev–Trinajstić information content (AvgIpc) is 2.66. The molecule has 94 valence electrons. The Kier molecular flexibility index (Phi) is 2.61. The molecule has 0 saturated heterocycles. The van der Waals surface area contributed by atoms with E-state index >= 15 is 0 Å². The fourth-order valence-electron chi connectivity index (χ4n) is 2.13. The summed E-state index contributed by atoms with van der Waals surface area (Å²) in [6.45, 7) is 1.83. The van der Waals surface area contributed by atoms with Gasteiger partial charge in [0.15, 0.2) is 0 Å². The Hall–Kier alpha value is -2.20. The molecule has 0 radical (unpaired) electrons. The van der Waals surface area contributed by atoms with Gasteiger partial charge in [0, 0.05) is 17.4 Å². The predicted molar refractivity (Wildman–Crippen MR) is 71.6 cm³/mol. The number of hydrogen-bond donors (Lipinski definition) is 0. The van der Waals surface area contributed by atoms with Crippen LogP contribution in [0.2, 0.25) is 5.02 Å². The second kappa shape index (κ2) is 4.17. The molecule has 1 aromatic carbocycles. The van der Waals surface area contributed by atoms with Crippen molar-refractivity contribution in [3.63, 3.8) is 0 Å². The Morgan fingerprint density at radius 2 is 1.84 bits per heavy atom. The summed E-state index contributed by atoms with van der Waals surface area (Å²) in [4.78, 5) is 29.6. The van der Waals surface area contributed by atoms with Gasteiger partial charge in [0.05, 0.1) is 16.8 Å². The minimum absolute atomic E-state index is 0.326. The van der Waals surface area contributed by atoms with E-state index in [1.54, 1.807) is 24.3 Å². The van der Waals surface area contributed by atoms with Crippen molar-refractivity contribution in [3.8, 4) is 0 Å². The lowest BCUT2D eigenvalue weighted by molar-refractivity contribution is 0.0926. The first-order chi connectivity index (χ1) is 9.09. The zero-order valence-corrected chi connectivity index (χ0v) is 10.8. The fourth-order valence-corrected chi connectivity index (χ4v) is 2.29. The van der Waals surface area contributed by atoms with Crippen molar-refractivity contribution in [2.24, 2.45) is 0 Å². The van der Waals surface area contributed by atoms with Crippen LogP contribution >= 0.6 is 11.6 Å². The summed E-state index contributed by atoms with van der Waals surface area (Å²) >= 11 is 5.94. The SMILES string of the molecule is Cc1ccc(Cl)cc1N1C(=O)c2ccncc2C1=O. The number of imide groups is 1. The van der Waals surface area contributed by atoms with Crippen LogP contribution in [0.4, 0.5) is 5.69 Å². The lowest BCUT2D eigenvalue weighted by Crippen LogP contribution is -2.30. The third-order valence-electron chi connectivity index (χ3n) is 3.10. The molecule has 2 amide bonds. The van der Waals surface area contributed by atoms with E-state index in [-0.39, 0.29) is 11.8 Å². The number of pyridine rings is 1. The van der Waals surface area contributed by atoms with Gasteiger partial charge in [-0.15, -0.1) is 0 Å². The first-order valence-electron chi connectivity index (χ1n) is 5.68. The van der Waals surface area contributed by atoms with Crippen LogP contribution in [-0.4, -0.2) is 16.8 Å². The molecule has 0 unspecified atom stereocenters. The number of amides is 2. The minimum Gasteiger partial charge on any atom is -0.268 e. The van der Waals surface area contributed by atoms with Crippen LogP contribution in [0.3, 0.4) is 0 Å². The van der Waals surface area contributed by atoms with Crippen molar-refractivity contribution >= 4 is 29.1 Å². The second-order valence-electron chi connectivity index (χ2n) is 4.30. The third kappa shape index (κ3) is 1.72. The number of carbonyl (C=O) groups excluding carboxylic acids is 2. The van der Waals surface area contributed by atoms with Gasteiger partial charge in [0.1, 0.15) is 0 Å². The van der Waals surface area contributed by atoms with Crippen molar-refractivity contribution in [1.82, 2.24) is 4.98 Å². The molecule has 1 aromatic heterocycles. The summed E-state index contributed by atoms with van der Waals surface area (Å²) in [7, 11) is 0. The van der Waals surface area contributed by atoms with E-state index in [0.29, 0.717) is 21.8 Å². The highest BCUT2D eigenvalue weighted by Gasteiger charge is 2.37. The van der Waals surface area contributed by atoms with E-state index < -0.39 is 0 Å². The Morgan fingerprint density at radius 1 is 1.11 bits per heavy atom. The Bertz CT molecular complexity index is 677.